The lowest BCUT2D eigenvalue weighted by Gasteiger charge is -2.16. The van der Waals surface area contributed by atoms with Crippen molar-refractivity contribution in [2.24, 2.45) is 5.73 Å². The molecule has 0 radical (unpaired) electrons. The number of hydrogen-bond donors (Lipinski definition) is 1. The number of nitrogens with zero attached hydrogens (tertiary/aromatic N) is 1. The molecule has 2 rings (SSSR count). The molecule has 1 aromatic carbocycles. The molecule has 1 heterocycles. The second kappa shape index (κ2) is 6.21. The first-order chi connectivity index (χ1) is 8.72. The summed E-state index contributed by atoms with van der Waals surface area (Å²) in [5, 5.41) is 3.06. The van der Waals surface area contributed by atoms with Crippen molar-refractivity contribution >= 4 is 22.5 Å². The number of aromatic nitrogens is 1. The van der Waals surface area contributed by atoms with Gasteiger partial charge in [-0.05, 0) is 17.4 Å². The zero-order valence-electron chi connectivity index (χ0n) is 11.0. The summed E-state index contributed by atoms with van der Waals surface area (Å²) in [5.41, 5.74) is 7.46. The highest BCUT2D eigenvalue weighted by molar-refractivity contribution is 7.99. The molecule has 0 amide bonds. The molecule has 2 nitrogen and oxygen atoms in total. The van der Waals surface area contributed by atoms with Gasteiger partial charge in [0.15, 0.2) is 0 Å². The largest absolute Gasteiger partial charge is 0.323 e. The Bertz CT molecular complexity index is 507. The first kappa shape index (κ1) is 13.4. The number of benzene rings is 1. The molecule has 2 aromatic rings. The molecule has 2 atom stereocenters. The van der Waals surface area contributed by atoms with E-state index in [1.54, 1.807) is 0 Å². The van der Waals surface area contributed by atoms with E-state index in [1.807, 2.05) is 30.2 Å². The summed E-state index contributed by atoms with van der Waals surface area (Å²) in [6.45, 7) is 4.46. The molecule has 0 saturated heterocycles. The molecule has 1 aromatic heterocycles. The van der Waals surface area contributed by atoms with Crippen LogP contribution in [0.1, 0.15) is 31.9 Å². The molecule has 0 saturated carbocycles. The summed E-state index contributed by atoms with van der Waals surface area (Å²) in [5.74, 6) is 0.949. The van der Waals surface area contributed by atoms with Gasteiger partial charge in [-0.25, -0.2) is 0 Å². The normalized spacial score (nSPS) is 14.6. The van der Waals surface area contributed by atoms with Crippen molar-refractivity contribution in [3.05, 3.63) is 42.2 Å². The van der Waals surface area contributed by atoms with Crippen LogP contribution in [0.3, 0.4) is 0 Å². The molecule has 3 heteroatoms. The fraction of sp³-hybridized carbons (Fsp3) is 0.400. The van der Waals surface area contributed by atoms with E-state index in [0.717, 1.165) is 11.3 Å². The first-order valence-corrected chi connectivity index (χ1v) is 7.47. The molecule has 0 bridgehead atoms. The predicted molar refractivity (Wildman–Crippen MR) is 80.9 cm³/mol. The molecule has 2 N–H and O–H groups in total. The van der Waals surface area contributed by atoms with Crippen molar-refractivity contribution in [1.29, 1.82) is 0 Å². The van der Waals surface area contributed by atoms with Gasteiger partial charge in [0.25, 0.3) is 0 Å². The lowest BCUT2D eigenvalue weighted by molar-refractivity contribution is 0.823. The molecule has 96 valence electrons. The lowest BCUT2D eigenvalue weighted by Crippen LogP contribution is -2.15. The van der Waals surface area contributed by atoms with Gasteiger partial charge in [0, 0.05) is 34.8 Å². The predicted octanol–water partition coefficient (Wildman–Crippen LogP) is 3.77. The maximum atomic E-state index is 6.30. The zero-order chi connectivity index (χ0) is 13.0. The van der Waals surface area contributed by atoms with Crippen molar-refractivity contribution in [2.75, 3.05) is 5.75 Å². The van der Waals surface area contributed by atoms with Crippen LogP contribution in [0.15, 0.2) is 36.7 Å². The molecular weight excluding hydrogens is 240 g/mol. The Balaban J connectivity index is 2.19. The van der Waals surface area contributed by atoms with Crippen molar-refractivity contribution in [1.82, 2.24) is 4.98 Å². The van der Waals surface area contributed by atoms with E-state index in [1.165, 1.54) is 17.2 Å². The minimum atomic E-state index is 0.0580. The van der Waals surface area contributed by atoms with Gasteiger partial charge in [-0.3, -0.25) is 4.98 Å². The van der Waals surface area contributed by atoms with Crippen LogP contribution in [0, 0.1) is 0 Å². The van der Waals surface area contributed by atoms with E-state index >= 15 is 0 Å². The van der Waals surface area contributed by atoms with Crippen LogP contribution in [0.2, 0.25) is 0 Å². The summed E-state index contributed by atoms with van der Waals surface area (Å²) in [4.78, 5) is 4.29. The highest BCUT2D eigenvalue weighted by Gasteiger charge is 2.11. The smallest absolute Gasteiger partial charge is 0.0408 e. The SMILES string of the molecule is CCC(C)SCC(N)c1cncc2ccccc12. The maximum absolute atomic E-state index is 6.30. The van der Waals surface area contributed by atoms with Gasteiger partial charge in [-0.15, -0.1) is 0 Å². The van der Waals surface area contributed by atoms with E-state index < -0.39 is 0 Å². The van der Waals surface area contributed by atoms with Crippen molar-refractivity contribution in [3.8, 4) is 0 Å². The monoisotopic (exact) mass is 260 g/mol. The Hall–Kier alpha value is -1.06. The van der Waals surface area contributed by atoms with E-state index in [4.69, 9.17) is 5.73 Å². The van der Waals surface area contributed by atoms with E-state index in [-0.39, 0.29) is 6.04 Å². The van der Waals surface area contributed by atoms with Gasteiger partial charge in [-0.2, -0.15) is 11.8 Å². The molecule has 0 fully saturated rings. The summed E-state index contributed by atoms with van der Waals surface area (Å²) in [6, 6.07) is 8.36. The third-order valence-corrected chi connectivity index (χ3v) is 4.69. The summed E-state index contributed by atoms with van der Waals surface area (Å²) >= 11 is 1.94. The van der Waals surface area contributed by atoms with E-state index in [9.17, 15) is 0 Å². The lowest BCUT2D eigenvalue weighted by atomic mass is 10.0. The Labute approximate surface area is 113 Å². The van der Waals surface area contributed by atoms with Gasteiger partial charge in [0.1, 0.15) is 0 Å². The van der Waals surface area contributed by atoms with E-state index in [0.29, 0.717) is 5.25 Å². The Morgan fingerprint density at radius 3 is 2.83 bits per heavy atom. The minimum Gasteiger partial charge on any atom is -0.323 e. The number of fused-ring (bicyclic) bond motifs is 1. The van der Waals surface area contributed by atoms with Gasteiger partial charge >= 0.3 is 0 Å². The second-order valence-electron chi connectivity index (χ2n) is 4.61. The number of nitrogens with two attached hydrogens (primary N) is 1. The zero-order valence-corrected chi connectivity index (χ0v) is 11.8. The average Bonchev–Trinajstić information content (AvgIpc) is 2.43. The fourth-order valence-electron chi connectivity index (χ4n) is 1.91. The van der Waals surface area contributed by atoms with Crippen LogP contribution < -0.4 is 5.73 Å². The number of hydrogen-bond acceptors (Lipinski definition) is 3. The Kier molecular flexibility index (Phi) is 4.61. The molecular formula is C15H20N2S. The highest BCUT2D eigenvalue weighted by Crippen LogP contribution is 2.26. The molecule has 0 aliphatic rings. The van der Waals surface area contributed by atoms with E-state index in [2.05, 4.69) is 37.0 Å². The minimum absolute atomic E-state index is 0.0580. The number of pyridine rings is 1. The van der Waals surface area contributed by atoms with Crippen molar-refractivity contribution in [2.45, 2.75) is 31.6 Å². The Morgan fingerprint density at radius 2 is 2.06 bits per heavy atom. The van der Waals surface area contributed by atoms with Crippen LogP contribution in [0.5, 0.6) is 0 Å². The van der Waals surface area contributed by atoms with Crippen molar-refractivity contribution < 1.29 is 0 Å². The second-order valence-corrected chi connectivity index (χ2v) is 6.08. The van der Waals surface area contributed by atoms with Crippen LogP contribution in [-0.4, -0.2) is 16.0 Å². The van der Waals surface area contributed by atoms with Gasteiger partial charge < -0.3 is 5.73 Å². The quantitative estimate of drug-likeness (QED) is 0.889. The topological polar surface area (TPSA) is 38.9 Å². The maximum Gasteiger partial charge on any atom is 0.0408 e. The average molecular weight is 260 g/mol. The number of thioether (sulfide) groups is 1. The fourth-order valence-corrected chi connectivity index (χ4v) is 2.86. The molecule has 0 spiro atoms. The highest BCUT2D eigenvalue weighted by atomic mass is 32.2. The molecule has 0 aliphatic carbocycles. The van der Waals surface area contributed by atoms with Gasteiger partial charge in [-0.1, -0.05) is 38.1 Å². The molecule has 0 aliphatic heterocycles. The standard InChI is InChI=1S/C15H20N2S/c1-3-11(2)18-10-15(16)14-9-17-8-12-6-4-5-7-13(12)14/h4-9,11,15H,3,10,16H2,1-2H3. The first-order valence-electron chi connectivity index (χ1n) is 6.42. The van der Waals surface area contributed by atoms with Crippen LogP contribution in [0.25, 0.3) is 10.8 Å². The third kappa shape index (κ3) is 3.03. The molecule has 2 unspecified atom stereocenters. The summed E-state index contributed by atoms with van der Waals surface area (Å²) in [6.07, 6.45) is 4.99. The van der Waals surface area contributed by atoms with Gasteiger partial charge in [0.05, 0.1) is 0 Å². The Morgan fingerprint density at radius 1 is 1.28 bits per heavy atom. The van der Waals surface area contributed by atoms with Crippen LogP contribution in [-0.2, 0) is 0 Å². The summed E-state index contributed by atoms with van der Waals surface area (Å²) in [7, 11) is 0. The van der Waals surface area contributed by atoms with Crippen LogP contribution >= 0.6 is 11.8 Å². The van der Waals surface area contributed by atoms with Crippen molar-refractivity contribution in [3.63, 3.8) is 0 Å². The molecule has 18 heavy (non-hydrogen) atoms. The number of rotatable bonds is 5. The summed E-state index contributed by atoms with van der Waals surface area (Å²) < 4.78 is 0. The van der Waals surface area contributed by atoms with Gasteiger partial charge in [0.2, 0.25) is 0 Å². The third-order valence-electron chi connectivity index (χ3n) is 3.23. The van der Waals surface area contributed by atoms with Crippen LogP contribution in [0.4, 0.5) is 0 Å².